The van der Waals surface area contributed by atoms with Crippen LogP contribution in [0.4, 0.5) is 0 Å². The number of carboxylic acid groups (broad SMARTS) is 1. The van der Waals surface area contributed by atoms with Gasteiger partial charge in [-0.15, -0.1) is 0 Å². The SMILES string of the molecule is CCCCCCC(CCCCCCCCCCC(=O)O)OC. The van der Waals surface area contributed by atoms with Crippen LogP contribution < -0.4 is 0 Å². The van der Waals surface area contributed by atoms with E-state index >= 15 is 0 Å². The fourth-order valence-electron chi connectivity index (χ4n) is 2.89. The minimum atomic E-state index is -0.664. The molecule has 0 aliphatic rings. The molecule has 0 saturated heterocycles. The van der Waals surface area contributed by atoms with Gasteiger partial charge in [0, 0.05) is 13.5 Å². The van der Waals surface area contributed by atoms with E-state index in [2.05, 4.69) is 6.92 Å². The van der Waals surface area contributed by atoms with E-state index in [1.54, 1.807) is 0 Å². The zero-order valence-corrected chi connectivity index (χ0v) is 14.9. The molecule has 1 N–H and O–H groups in total. The summed E-state index contributed by atoms with van der Waals surface area (Å²) in [4.78, 5) is 10.4. The van der Waals surface area contributed by atoms with Crippen LogP contribution in [0.2, 0.25) is 0 Å². The second kappa shape index (κ2) is 16.8. The topological polar surface area (TPSA) is 46.5 Å². The molecule has 0 spiro atoms. The lowest BCUT2D eigenvalue weighted by molar-refractivity contribution is -0.137. The van der Waals surface area contributed by atoms with Crippen molar-refractivity contribution in [2.75, 3.05) is 7.11 Å². The van der Waals surface area contributed by atoms with Gasteiger partial charge in [-0.3, -0.25) is 4.79 Å². The van der Waals surface area contributed by atoms with Gasteiger partial charge in [0.15, 0.2) is 0 Å². The molecule has 0 aromatic carbocycles. The number of methoxy groups -OCH3 is 1. The smallest absolute Gasteiger partial charge is 0.303 e. The van der Waals surface area contributed by atoms with Crippen molar-refractivity contribution in [1.82, 2.24) is 0 Å². The highest BCUT2D eigenvalue weighted by atomic mass is 16.5. The van der Waals surface area contributed by atoms with Crippen LogP contribution in [-0.2, 0) is 9.53 Å². The molecule has 0 rings (SSSR count). The van der Waals surface area contributed by atoms with Crippen LogP contribution in [0.5, 0.6) is 0 Å². The van der Waals surface area contributed by atoms with Crippen LogP contribution in [0.15, 0.2) is 0 Å². The number of carbonyl (C=O) groups is 1. The van der Waals surface area contributed by atoms with E-state index in [0.717, 1.165) is 12.8 Å². The predicted molar refractivity (Wildman–Crippen MR) is 93.4 cm³/mol. The average molecular weight is 315 g/mol. The zero-order chi connectivity index (χ0) is 16.5. The fraction of sp³-hybridized carbons (Fsp3) is 0.947. The Kier molecular flexibility index (Phi) is 16.4. The zero-order valence-electron chi connectivity index (χ0n) is 14.9. The van der Waals surface area contributed by atoms with Crippen LogP contribution in [0, 0.1) is 0 Å². The van der Waals surface area contributed by atoms with E-state index < -0.39 is 5.97 Å². The van der Waals surface area contributed by atoms with Crippen molar-refractivity contribution in [3.8, 4) is 0 Å². The molecule has 22 heavy (non-hydrogen) atoms. The van der Waals surface area contributed by atoms with E-state index in [0.29, 0.717) is 12.5 Å². The highest BCUT2D eigenvalue weighted by molar-refractivity contribution is 5.66. The van der Waals surface area contributed by atoms with Gasteiger partial charge in [-0.1, -0.05) is 77.6 Å². The number of hydrogen-bond donors (Lipinski definition) is 1. The molecule has 0 saturated carbocycles. The predicted octanol–water partition coefficient (Wildman–Crippen LogP) is 5.96. The molecular weight excluding hydrogens is 276 g/mol. The maximum absolute atomic E-state index is 10.4. The minimum absolute atomic E-state index is 0.330. The van der Waals surface area contributed by atoms with Crippen LogP contribution in [-0.4, -0.2) is 24.3 Å². The highest BCUT2D eigenvalue weighted by Gasteiger charge is 2.06. The Hall–Kier alpha value is -0.570. The standard InChI is InChI=1S/C19H38O3/c1-3-4-5-12-15-18(22-2)16-13-10-8-6-7-9-11-14-17-19(20)21/h18H,3-17H2,1-2H3,(H,20,21). The highest BCUT2D eigenvalue weighted by Crippen LogP contribution is 2.16. The molecule has 0 heterocycles. The number of aliphatic carboxylic acids is 1. The lowest BCUT2D eigenvalue weighted by Crippen LogP contribution is -2.10. The maximum Gasteiger partial charge on any atom is 0.303 e. The van der Waals surface area contributed by atoms with E-state index in [9.17, 15) is 4.79 Å². The summed E-state index contributed by atoms with van der Waals surface area (Å²) in [7, 11) is 1.85. The Morgan fingerprint density at radius 3 is 1.73 bits per heavy atom. The van der Waals surface area contributed by atoms with Gasteiger partial charge in [-0.2, -0.15) is 0 Å². The van der Waals surface area contributed by atoms with Gasteiger partial charge in [0.1, 0.15) is 0 Å². The van der Waals surface area contributed by atoms with Gasteiger partial charge in [0.25, 0.3) is 0 Å². The molecule has 0 aromatic rings. The third-order valence-corrected chi connectivity index (χ3v) is 4.38. The molecular formula is C19H38O3. The third-order valence-electron chi connectivity index (χ3n) is 4.38. The normalized spacial score (nSPS) is 12.5. The third kappa shape index (κ3) is 15.8. The number of hydrogen-bond acceptors (Lipinski definition) is 2. The molecule has 132 valence electrons. The van der Waals surface area contributed by atoms with E-state index in [1.807, 2.05) is 7.11 Å². The Balaban J connectivity index is 3.27. The number of carboxylic acids is 1. The van der Waals surface area contributed by atoms with Crippen LogP contribution in [0.3, 0.4) is 0 Å². The fourth-order valence-corrected chi connectivity index (χ4v) is 2.89. The second-order valence-corrected chi connectivity index (χ2v) is 6.47. The number of ether oxygens (including phenoxy) is 1. The molecule has 0 aliphatic carbocycles. The van der Waals surface area contributed by atoms with Crippen molar-refractivity contribution < 1.29 is 14.6 Å². The number of unbranched alkanes of at least 4 members (excludes halogenated alkanes) is 10. The van der Waals surface area contributed by atoms with Crippen LogP contribution in [0.25, 0.3) is 0 Å². The summed E-state index contributed by atoms with van der Waals surface area (Å²) in [6, 6.07) is 0. The Morgan fingerprint density at radius 1 is 0.818 bits per heavy atom. The summed E-state index contributed by atoms with van der Waals surface area (Å²) in [6.45, 7) is 2.25. The van der Waals surface area contributed by atoms with Crippen LogP contribution >= 0.6 is 0 Å². The minimum Gasteiger partial charge on any atom is -0.481 e. The van der Waals surface area contributed by atoms with Gasteiger partial charge in [0.2, 0.25) is 0 Å². The lowest BCUT2D eigenvalue weighted by Gasteiger charge is -2.15. The quantitative estimate of drug-likeness (QED) is 0.337. The lowest BCUT2D eigenvalue weighted by atomic mass is 10.0. The Labute approximate surface area is 137 Å². The maximum atomic E-state index is 10.4. The first kappa shape index (κ1) is 21.4. The summed E-state index contributed by atoms with van der Waals surface area (Å²) >= 11 is 0. The molecule has 0 aliphatic heterocycles. The summed E-state index contributed by atoms with van der Waals surface area (Å²) in [5.74, 6) is -0.664. The molecule has 0 fully saturated rings. The molecule has 0 bridgehead atoms. The van der Waals surface area contributed by atoms with Gasteiger partial charge >= 0.3 is 5.97 Å². The first-order chi connectivity index (χ1) is 10.7. The first-order valence-corrected chi connectivity index (χ1v) is 9.45. The Morgan fingerprint density at radius 2 is 1.27 bits per heavy atom. The summed E-state index contributed by atoms with van der Waals surface area (Å²) in [5, 5.41) is 8.55. The molecule has 0 radical (unpaired) electrons. The van der Waals surface area contributed by atoms with Gasteiger partial charge < -0.3 is 9.84 Å². The average Bonchev–Trinajstić information content (AvgIpc) is 2.50. The molecule has 3 heteroatoms. The molecule has 1 unspecified atom stereocenters. The van der Waals surface area contributed by atoms with Crippen molar-refractivity contribution >= 4 is 5.97 Å². The monoisotopic (exact) mass is 314 g/mol. The summed E-state index contributed by atoms with van der Waals surface area (Å²) < 4.78 is 5.57. The van der Waals surface area contributed by atoms with E-state index in [-0.39, 0.29) is 0 Å². The number of rotatable bonds is 17. The van der Waals surface area contributed by atoms with Crippen molar-refractivity contribution in [3.05, 3.63) is 0 Å². The molecule has 1 atom stereocenters. The van der Waals surface area contributed by atoms with Crippen molar-refractivity contribution in [1.29, 1.82) is 0 Å². The molecule has 0 aromatic heterocycles. The largest absolute Gasteiger partial charge is 0.481 e. The second-order valence-electron chi connectivity index (χ2n) is 6.47. The van der Waals surface area contributed by atoms with E-state index in [1.165, 1.54) is 77.0 Å². The van der Waals surface area contributed by atoms with Crippen molar-refractivity contribution in [2.45, 2.75) is 109 Å². The van der Waals surface area contributed by atoms with Gasteiger partial charge in [-0.05, 0) is 19.3 Å². The van der Waals surface area contributed by atoms with Crippen LogP contribution in [0.1, 0.15) is 103 Å². The van der Waals surface area contributed by atoms with Gasteiger partial charge in [0.05, 0.1) is 6.10 Å². The first-order valence-electron chi connectivity index (χ1n) is 9.45. The summed E-state index contributed by atoms with van der Waals surface area (Å²) in [5.41, 5.74) is 0. The molecule has 0 amide bonds. The van der Waals surface area contributed by atoms with Gasteiger partial charge in [-0.25, -0.2) is 0 Å². The Bertz CT molecular complexity index is 241. The summed E-state index contributed by atoms with van der Waals surface area (Å²) in [6.07, 6.45) is 18.1. The van der Waals surface area contributed by atoms with Crippen molar-refractivity contribution in [2.24, 2.45) is 0 Å². The van der Waals surface area contributed by atoms with Crippen molar-refractivity contribution in [3.63, 3.8) is 0 Å². The molecule has 3 nitrogen and oxygen atoms in total. The van der Waals surface area contributed by atoms with E-state index in [4.69, 9.17) is 9.84 Å².